The van der Waals surface area contributed by atoms with E-state index in [1.165, 1.54) is 12.1 Å². The second-order valence-electron chi connectivity index (χ2n) is 4.77. The van der Waals surface area contributed by atoms with Crippen molar-refractivity contribution >= 4 is 17.2 Å². The monoisotopic (exact) mass is 306 g/mol. The van der Waals surface area contributed by atoms with Crippen LogP contribution in [0.1, 0.15) is 29.3 Å². The van der Waals surface area contributed by atoms with E-state index < -0.39 is 0 Å². The van der Waals surface area contributed by atoms with Crippen LogP contribution in [0.25, 0.3) is 0 Å². The first kappa shape index (κ1) is 15.7. The number of nitrogens with one attached hydrogen (secondary N) is 2. The Labute approximate surface area is 128 Å². The molecule has 2 N–H and O–H groups in total. The second-order valence-corrected chi connectivity index (χ2v) is 5.75. The highest BCUT2D eigenvalue weighted by atomic mass is 32.1. The molecule has 5 heteroatoms. The molecule has 0 aliphatic heterocycles. The van der Waals surface area contributed by atoms with Crippen LogP contribution in [0, 0.1) is 5.82 Å². The lowest BCUT2D eigenvalue weighted by Gasteiger charge is -2.18. The van der Waals surface area contributed by atoms with Crippen LogP contribution in [0.5, 0.6) is 0 Å². The first-order valence-electron chi connectivity index (χ1n) is 6.93. The normalized spacial score (nSPS) is 12.1. The average molecular weight is 306 g/mol. The molecule has 3 nitrogen and oxygen atoms in total. The highest BCUT2D eigenvalue weighted by Crippen LogP contribution is 2.26. The lowest BCUT2D eigenvalue weighted by atomic mass is 10.0. The Balaban J connectivity index is 2.10. The molecular weight excluding hydrogens is 287 g/mol. The Hall–Kier alpha value is -1.72. The van der Waals surface area contributed by atoms with Crippen LogP contribution in [-0.4, -0.2) is 19.5 Å². The molecule has 1 atom stereocenters. The molecular formula is C16H19FN2OS. The van der Waals surface area contributed by atoms with Crippen LogP contribution in [-0.2, 0) is 4.79 Å². The minimum atomic E-state index is -0.274. The minimum absolute atomic E-state index is 0.00738. The van der Waals surface area contributed by atoms with Gasteiger partial charge in [0.1, 0.15) is 5.82 Å². The lowest BCUT2D eigenvalue weighted by molar-refractivity contribution is -0.121. The smallest absolute Gasteiger partial charge is 0.220 e. The average Bonchev–Trinajstić information content (AvgIpc) is 3.00. The van der Waals surface area contributed by atoms with E-state index in [1.807, 2.05) is 24.6 Å². The number of hydrogen-bond acceptors (Lipinski definition) is 3. The van der Waals surface area contributed by atoms with Gasteiger partial charge in [0, 0.05) is 11.3 Å². The van der Waals surface area contributed by atoms with Gasteiger partial charge in [0.15, 0.2) is 0 Å². The quantitative estimate of drug-likeness (QED) is 0.772. The zero-order valence-electron chi connectivity index (χ0n) is 11.9. The van der Waals surface area contributed by atoms with Crippen molar-refractivity contribution in [1.29, 1.82) is 0 Å². The molecule has 0 spiro atoms. The molecule has 1 unspecified atom stereocenters. The van der Waals surface area contributed by atoms with Gasteiger partial charge in [-0.25, -0.2) is 4.39 Å². The number of hydrogen-bond donors (Lipinski definition) is 2. The summed E-state index contributed by atoms with van der Waals surface area (Å²) in [5, 5.41) is 8.03. The van der Waals surface area contributed by atoms with Gasteiger partial charge in [0.25, 0.3) is 0 Å². The molecule has 1 heterocycles. The third kappa shape index (κ3) is 4.65. The zero-order valence-corrected chi connectivity index (χ0v) is 12.8. The molecule has 0 aliphatic carbocycles. The number of thiophene rings is 1. The largest absolute Gasteiger partial charge is 0.344 e. The number of rotatable bonds is 7. The van der Waals surface area contributed by atoms with Crippen LogP contribution < -0.4 is 10.6 Å². The fourth-order valence-corrected chi connectivity index (χ4v) is 2.89. The summed E-state index contributed by atoms with van der Waals surface area (Å²) in [6.45, 7) is 0.813. The molecule has 0 fully saturated rings. The lowest BCUT2D eigenvalue weighted by Crippen LogP contribution is -2.29. The van der Waals surface area contributed by atoms with E-state index in [4.69, 9.17) is 0 Å². The van der Waals surface area contributed by atoms with E-state index in [2.05, 4.69) is 10.6 Å². The maximum atomic E-state index is 13.1. The van der Waals surface area contributed by atoms with E-state index in [1.54, 1.807) is 23.5 Å². The molecule has 0 saturated carbocycles. The van der Waals surface area contributed by atoms with Gasteiger partial charge in [-0.15, -0.1) is 11.3 Å². The summed E-state index contributed by atoms with van der Waals surface area (Å²) in [4.78, 5) is 13.1. The fraction of sp³-hybridized carbons (Fsp3) is 0.312. The molecule has 0 bridgehead atoms. The second kappa shape index (κ2) is 7.90. The predicted molar refractivity (Wildman–Crippen MR) is 83.9 cm³/mol. The third-order valence-corrected chi connectivity index (χ3v) is 4.10. The third-order valence-electron chi connectivity index (χ3n) is 3.17. The Morgan fingerprint density at radius 3 is 2.67 bits per heavy atom. The maximum absolute atomic E-state index is 13.1. The Kier molecular flexibility index (Phi) is 5.90. The highest BCUT2D eigenvalue weighted by molar-refractivity contribution is 7.10. The Morgan fingerprint density at radius 1 is 1.29 bits per heavy atom. The predicted octanol–water partition coefficient (Wildman–Crippen LogP) is 3.09. The molecule has 21 heavy (non-hydrogen) atoms. The van der Waals surface area contributed by atoms with Crippen molar-refractivity contribution in [2.45, 2.75) is 18.9 Å². The van der Waals surface area contributed by atoms with Gasteiger partial charge in [-0.05, 0) is 49.2 Å². The number of amides is 1. The fourth-order valence-electron chi connectivity index (χ4n) is 2.09. The van der Waals surface area contributed by atoms with E-state index in [-0.39, 0.29) is 17.8 Å². The molecule has 2 aromatic rings. The van der Waals surface area contributed by atoms with Crippen LogP contribution in [0.15, 0.2) is 41.8 Å². The molecule has 1 aromatic heterocycles. The maximum Gasteiger partial charge on any atom is 0.220 e. The summed E-state index contributed by atoms with van der Waals surface area (Å²) < 4.78 is 13.1. The van der Waals surface area contributed by atoms with Crippen molar-refractivity contribution in [2.75, 3.05) is 13.6 Å². The minimum Gasteiger partial charge on any atom is -0.344 e. The number of carbonyl (C=O) groups is 1. The summed E-state index contributed by atoms with van der Waals surface area (Å²) in [5.74, 6) is -0.267. The summed E-state index contributed by atoms with van der Waals surface area (Å²) >= 11 is 1.58. The van der Waals surface area contributed by atoms with Crippen LogP contribution in [0.4, 0.5) is 4.39 Å². The first-order valence-corrected chi connectivity index (χ1v) is 7.81. The summed E-state index contributed by atoms with van der Waals surface area (Å²) in [7, 11) is 1.87. The van der Waals surface area contributed by atoms with Crippen molar-refractivity contribution in [1.82, 2.24) is 10.6 Å². The van der Waals surface area contributed by atoms with E-state index in [9.17, 15) is 9.18 Å². The summed E-state index contributed by atoms with van der Waals surface area (Å²) in [6, 6.07) is 9.98. The SMILES string of the molecule is CNCCCC(=O)NC(c1ccc(F)cc1)c1cccs1. The van der Waals surface area contributed by atoms with E-state index in [0.29, 0.717) is 6.42 Å². The number of benzene rings is 1. The van der Waals surface area contributed by atoms with Gasteiger partial charge < -0.3 is 10.6 Å². The van der Waals surface area contributed by atoms with Gasteiger partial charge in [-0.2, -0.15) is 0 Å². The molecule has 1 amide bonds. The van der Waals surface area contributed by atoms with E-state index in [0.717, 1.165) is 23.4 Å². The standard InChI is InChI=1S/C16H19FN2OS/c1-18-10-2-5-15(20)19-16(14-4-3-11-21-14)12-6-8-13(17)9-7-12/h3-4,6-9,11,16,18H,2,5,10H2,1H3,(H,19,20). The molecule has 0 radical (unpaired) electrons. The van der Waals surface area contributed by atoms with Gasteiger partial charge >= 0.3 is 0 Å². The van der Waals surface area contributed by atoms with Crippen molar-refractivity contribution in [3.05, 3.63) is 58.0 Å². The molecule has 2 rings (SSSR count). The molecule has 112 valence electrons. The van der Waals surface area contributed by atoms with Crippen LogP contribution >= 0.6 is 11.3 Å². The van der Waals surface area contributed by atoms with Crippen LogP contribution in [0.3, 0.4) is 0 Å². The van der Waals surface area contributed by atoms with Crippen molar-refractivity contribution in [3.63, 3.8) is 0 Å². The van der Waals surface area contributed by atoms with Gasteiger partial charge in [-0.1, -0.05) is 18.2 Å². The van der Waals surface area contributed by atoms with E-state index >= 15 is 0 Å². The number of carbonyl (C=O) groups excluding carboxylic acids is 1. The Bertz CT molecular complexity index is 554. The molecule has 0 aliphatic rings. The topological polar surface area (TPSA) is 41.1 Å². The zero-order chi connectivity index (χ0) is 15.1. The molecule has 1 aromatic carbocycles. The highest BCUT2D eigenvalue weighted by Gasteiger charge is 2.17. The van der Waals surface area contributed by atoms with Gasteiger partial charge in [-0.3, -0.25) is 4.79 Å². The van der Waals surface area contributed by atoms with Crippen LogP contribution in [0.2, 0.25) is 0 Å². The van der Waals surface area contributed by atoms with Crippen molar-refractivity contribution < 1.29 is 9.18 Å². The van der Waals surface area contributed by atoms with Gasteiger partial charge in [0.2, 0.25) is 5.91 Å². The van der Waals surface area contributed by atoms with Gasteiger partial charge in [0.05, 0.1) is 6.04 Å². The Morgan fingerprint density at radius 2 is 2.05 bits per heavy atom. The number of halogens is 1. The summed E-state index contributed by atoms with van der Waals surface area (Å²) in [6.07, 6.45) is 1.27. The van der Waals surface area contributed by atoms with Crippen molar-refractivity contribution in [2.24, 2.45) is 0 Å². The molecule has 0 saturated heterocycles. The summed E-state index contributed by atoms with van der Waals surface area (Å²) in [5.41, 5.74) is 0.890. The van der Waals surface area contributed by atoms with Crippen molar-refractivity contribution in [3.8, 4) is 0 Å². The first-order chi connectivity index (χ1) is 10.2.